The Balaban J connectivity index is 1.74. The van der Waals surface area contributed by atoms with Crippen molar-refractivity contribution in [2.24, 2.45) is 11.8 Å². The number of hydrogen-bond acceptors (Lipinski definition) is 2. The second kappa shape index (κ2) is 4.14. The summed E-state index contributed by atoms with van der Waals surface area (Å²) in [5.41, 5.74) is -0.675. The van der Waals surface area contributed by atoms with Crippen molar-refractivity contribution in [2.75, 3.05) is 18.0 Å². The number of anilines is 1. The summed E-state index contributed by atoms with van der Waals surface area (Å²) in [5.74, 6) is 2.11. The Labute approximate surface area is 104 Å². The Morgan fingerprint density at radius 3 is 2.28 bits per heavy atom. The average molecular weight is 256 g/mol. The van der Waals surface area contributed by atoms with Gasteiger partial charge in [-0.3, -0.25) is 0 Å². The van der Waals surface area contributed by atoms with Crippen LogP contribution in [-0.2, 0) is 6.18 Å². The molecule has 1 saturated heterocycles. The van der Waals surface area contributed by atoms with Crippen molar-refractivity contribution in [3.05, 3.63) is 23.9 Å². The first-order chi connectivity index (χ1) is 8.54. The zero-order valence-electron chi connectivity index (χ0n) is 9.95. The van der Waals surface area contributed by atoms with Crippen LogP contribution in [0.2, 0.25) is 0 Å². The van der Waals surface area contributed by atoms with Gasteiger partial charge in [-0.05, 0) is 36.8 Å². The quantitative estimate of drug-likeness (QED) is 0.766. The lowest BCUT2D eigenvalue weighted by Crippen LogP contribution is -2.22. The lowest BCUT2D eigenvalue weighted by Gasteiger charge is -2.18. The highest BCUT2D eigenvalue weighted by atomic mass is 19.4. The van der Waals surface area contributed by atoms with Gasteiger partial charge in [-0.15, -0.1) is 0 Å². The third-order valence-electron chi connectivity index (χ3n) is 4.13. The molecule has 1 aromatic heterocycles. The lowest BCUT2D eigenvalue weighted by atomic mass is 10.0. The van der Waals surface area contributed by atoms with Gasteiger partial charge in [-0.1, -0.05) is 6.42 Å². The fourth-order valence-corrected chi connectivity index (χ4v) is 3.16. The molecule has 5 heteroatoms. The average Bonchev–Trinajstić information content (AvgIpc) is 2.88. The predicted octanol–water partition coefficient (Wildman–Crippen LogP) is 3.34. The summed E-state index contributed by atoms with van der Waals surface area (Å²) in [6.07, 6.45) is 0.434. The summed E-state index contributed by atoms with van der Waals surface area (Å²) in [5, 5.41) is 0. The summed E-state index contributed by atoms with van der Waals surface area (Å²) in [6, 6.07) is 2.61. The molecule has 1 saturated carbocycles. The summed E-state index contributed by atoms with van der Waals surface area (Å²) in [6.45, 7) is 1.89. The smallest absolute Gasteiger partial charge is 0.356 e. The van der Waals surface area contributed by atoms with Crippen LogP contribution in [0.15, 0.2) is 18.3 Å². The number of halogens is 3. The van der Waals surface area contributed by atoms with Crippen molar-refractivity contribution in [1.82, 2.24) is 4.98 Å². The van der Waals surface area contributed by atoms with Gasteiger partial charge in [0.25, 0.3) is 0 Å². The van der Waals surface area contributed by atoms with Crippen molar-refractivity contribution in [3.63, 3.8) is 0 Å². The highest BCUT2D eigenvalue weighted by Gasteiger charge is 2.37. The van der Waals surface area contributed by atoms with Crippen molar-refractivity contribution in [3.8, 4) is 0 Å². The molecule has 0 bridgehead atoms. The van der Waals surface area contributed by atoms with E-state index >= 15 is 0 Å². The first-order valence-electron chi connectivity index (χ1n) is 6.32. The molecular weight excluding hydrogens is 241 g/mol. The van der Waals surface area contributed by atoms with Gasteiger partial charge in [-0.2, -0.15) is 13.2 Å². The standard InChI is InChI=1S/C13H15F3N2/c14-13(15,16)11-4-5-12(17-6-11)18-7-9-2-1-3-10(9)8-18/h4-6,9-10H,1-3,7-8H2/t9-,10+. The molecule has 2 nitrogen and oxygen atoms in total. The molecule has 98 valence electrons. The molecule has 18 heavy (non-hydrogen) atoms. The molecule has 0 spiro atoms. The number of hydrogen-bond donors (Lipinski definition) is 0. The van der Waals surface area contributed by atoms with Crippen LogP contribution in [0.1, 0.15) is 24.8 Å². The minimum Gasteiger partial charge on any atom is -0.356 e. The van der Waals surface area contributed by atoms with E-state index in [4.69, 9.17) is 0 Å². The van der Waals surface area contributed by atoms with E-state index in [1.54, 1.807) is 0 Å². The first-order valence-corrected chi connectivity index (χ1v) is 6.32. The number of nitrogens with zero attached hydrogens (tertiary/aromatic N) is 2. The maximum absolute atomic E-state index is 12.4. The van der Waals surface area contributed by atoms with E-state index in [0.717, 1.165) is 25.4 Å². The Kier molecular flexibility index (Phi) is 2.72. The van der Waals surface area contributed by atoms with Crippen molar-refractivity contribution < 1.29 is 13.2 Å². The zero-order chi connectivity index (χ0) is 12.8. The molecule has 0 N–H and O–H groups in total. The van der Waals surface area contributed by atoms with Crippen LogP contribution in [0.3, 0.4) is 0 Å². The van der Waals surface area contributed by atoms with Crippen LogP contribution >= 0.6 is 0 Å². The van der Waals surface area contributed by atoms with Gasteiger partial charge in [0, 0.05) is 19.3 Å². The molecule has 3 rings (SSSR count). The fourth-order valence-electron chi connectivity index (χ4n) is 3.16. The van der Waals surface area contributed by atoms with E-state index in [-0.39, 0.29) is 0 Å². The summed E-state index contributed by atoms with van der Waals surface area (Å²) >= 11 is 0. The third kappa shape index (κ3) is 2.06. The molecule has 0 radical (unpaired) electrons. The third-order valence-corrected chi connectivity index (χ3v) is 4.13. The van der Waals surface area contributed by atoms with Gasteiger partial charge in [0.1, 0.15) is 5.82 Å². The molecular formula is C13H15F3N2. The summed E-state index contributed by atoms with van der Waals surface area (Å²) < 4.78 is 37.3. The van der Waals surface area contributed by atoms with Crippen LogP contribution in [-0.4, -0.2) is 18.1 Å². The van der Waals surface area contributed by atoms with E-state index in [0.29, 0.717) is 17.7 Å². The first kappa shape index (κ1) is 11.8. The molecule has 2 heterocycles. The number of aromatic nitrogens is 1. The highest BCUT2D eigenvalue weighted by Crippen LogP contribution is 2.39. The lowest BCUT2D eigenvalue weighted by molar-refractivity contribution is -0.137. The van der Waals surface area contributed by atoms with E-state index < -0.39 is 11.7 Å². The second-order valence-electron chi connectivity index (χ2n) is 5.26. The van der Waals surface area contributed by atoms with E-state index in [2.05, 4.69) is 9.88 Å². The maximum Gasteiger partial charge on any atom is 0.417 e. The molecule has 2 fully saturated rings. The molecule has 1 aromatic rings. The van der Waals surface area contributed by atoms with Crippen LogP contribution in [0, 0.1) is 11.8 Å². The van der Waals surface area contributed by atoms with Gasteiger partial charge in [0.15, 0.2) is 0 Å². The minimum absolute atomic E-state index is 0.675. The number of alkyl halides is 3. The number of pyridine rings is 1. The summed E-state index contributed by atoms with van der Waals surface area (Å²) in [4.78, 5) is 6.08. The second-order valence-corrected chi connectivity index (χ2v) is 5.26. The Morgan fingerprint density at radius 1 is 1.11 bits per heavy atom. The normalized spacial score (nSPS) is 27.6. The van der Waals surface area contributed by atoms with E-state index in [1.165, 1.54) is 25.3 Å². The SMILES string of the molecule is FC(F)(F)c1ccc(N2C[C@H]3CCC[C@H]3C2)nc1. The van der Waals surface area contributed by atoms with Gasteiger partial charge < -0.3 is 4.90 Å². The minimum atomic E-state index is -4.30. The Hall–Kier alpha value is -1.26. The van der Waals surface area contributed by atoms with Crippen LogP contribution in [0.4, 0.5) is 19.0 Å². The monoisotopic (exact) mass is 256 g/mol. The molecule has 0 amide bonds. The number of fused-ring (bicyclic) bond motifs is 1. The van der Waals surface area contributed by atoms with E-state index in [1.807, 2.05) is 0 Å². The molecule has 1 aliphatic carbocycles. The highest BCUT2D eigenvalue weighted by molar-refractivity contribution is 5.41. The van der Waals surface area contributed by atoms with Crippen LogP contribution < -0.4 is 4.90 Å². The largest absolute Gasteiger partial charge is 0.417 e. The summed E-state index contributed by atoms with van der Waals surface area (Å²) in [7, 11) is 0. The van der Waals surface area contributed by atoms with Gasteiger partial charge in [-0.25, -0.2) is 4.98 Å². The molecule has 0 aromatic carbocycles. The van der Waals surface area contributed by atoms with E-state index in [9.17, 15) is 13.2 Å². The van der Waals surface area contributed by atoms with Crippen LogP contribution in [0.5, 0.6) is 0 Å². The number of rotatable bonds is 1. The van der Waals surface area contributed by atoms with Gasteiger partial charge in [0.05, 0.1) is 5.56 Å². The molecule has 1 aliphatic heterocycles. The predicted molar refractivity (Wildman–Crippen MR) is 62.3 cm³/mol. The zero-order valence-corrected chi connectivity index (χ0v) is 9.95. The van der Waals surface area contributed by atoms with Crippen LogP contribution in [0.25, 0.3) is 0 Å². The topological polar surface area (TPSA) is 16.1 Å². The van der Waals surface area contributed by atoms with Crippen molar-refractivity contribution in [2.45, 2.75) is 25.4 Å². The molecule has 2 atom stereocenters. The van der Waals surface area contributed by atoms with Gasteiger partial charge in [0.2, 0.25) is 0 Å². The van der Waals surface area contributed by atoms with Crippen molar-refractivity contribution >= 4 is 5.82 Å². The maximum atomic E-state index is 12.4. The fraction of sp³-hybridized carbons (Fsp3) is 0.615. The Bertz CT molecular complexity index is 415. The van der Waals surface area contributed by atoms with Crippen molar-refractivity contribution in [1.29, 1.82) is 0 Å². The molecule has 0 unspecified atom stereocenters. The van der Waals surface area contributed by atoms with Gasteiger partial charge >= 0.3 is 6.18 Å². The Morgan fingerprint density at radius 2 is 1.78 bits per heavy atom. The molecule has 2 aliphatic rings.